The smallest absolute Gasteiger partial charge is 0.472 e. The van der Waals surface area contributed by atoms with E-state index in [1.807, 2.05) is 6.92 Å². The second-order valence-electron chi connectivity index (χ2n) is 11.0. The molecule has 4 N–H and O–H groups in total. The van der Waals surface area contributed by atoms with E-state index in [4.69, 9.17) is 4.74 Å². The molecular weight excluding hydrogens is 589 g/mol. The molecule has 0 aromatic rings. The standard InChI is InChI=1S/C32H58NO10P/c1-3-5-7-8-9-10-11-12-13-14-15-16-17-18-19-20-22-24-31(36)41-25-28(34)26-42-44(39,40)43-27-29(32(37)38)33-30(35)23-21-6-4-2/h9-10,12-13,28-29,34H,3-8,11,14-27H2,1-2H3,(H,33,35)(H,37,38)(H,39,40)/b10-9-,13-12-. The van der Waals surface area contributed by atoms with Gasteiger partial charge in [-0.2, -0.15) is 0 Å². The van der Waals surface area contributed by atoms with Crippen molar-refractivity contribution in [2.24, 2.45) is 0 Å². The number of unbranched alkanes of at least 4 members (excludes halogenated alkanes) is 12. The van der Waals surface area contributed by atoms with E-state index in [0.717, 1.165) is 44.9 Å². The van der Waals surface area contributed by atoms with Gasteiger partial charge in [0.15, 0.2) is 6.04 Å². The van der Waals surface area contributed by atoms with Crippen molar-refractivity contribution < 1.29 is 47.8 Å². The fourth-order valence-electron chi connectivity index (χ4n) is 4.11. The number of nitrogens with one attached hydrogen (secondary N) is 1. The average Bonchev–Trinajstić information content (AvgIpc) is 2.98. The van der Waals surface area contributed by atoms with Gasteiger partial charge < -0.3 is 25.2 Å². The Balaban J connectivity index is 3.87. The highest BCUT2D eigenvalue weighted by molar-refractivity contribution is 7.47. The summed E-state index contributed by atoms with van der Waals surface area (Å²) >= 11 is 0. The van der Waals surface area contributed by atoms with Gasteiger partial charge in [-0.1, -0.05) is 95.9 Å². The van der Waals surface area contributed by atoms with Crippen LogP contribution in [0.5, 0.6) is 0 Å². The highest BCUT2D eigenvalue weighted by atomic mass is 31.2. The molecule has 0 heterocycles. The van der Waals surface area contributed by atoms with E-state index in [0.29, 0.717) is 12.8 Å². The third-order valence-corrected chi connectivity index (χ3v) is 7.69. The van der Waals surface area contributed by atoms with E-state index < -0.39 is 57.6 Å². The van der Waals surface area contributed by atoms with Crippen molar-refractivity contribution >= 4 is 25.7 Å². The van der Waals surface area contributed by atoms with Gasteiger partial charge in [0.1, 0.15) is 12.7 Å². The summed E-state index contributed by atoms with van der Waals surface area (Å²) in [6.07, 6.45) is 24.7. The van der Waals surface area contributed by atoms with Gasteiger partial charge in [-0.15, -0.1) is 0 Å². The van der Waals surface area contributed by atoms with Crippen LogP contribution in [0.1, 0.15) is 129 Å². The molecule has 0 bridgehead atoms. The van der Waals surface area contributed by atoms with Gasteiger partial charge in [0.05, 0.1) is 13.2 Å². The van der Waals surface area contributed by atoms with Crippen molar-refractivity contribution in [2.75, 3.05) is 19.8 Å². The largest absolute Gasteiger partial charge is 0.480 e. The molecule has 0 aromatic carbocycles. The summed E-state index contributed by atoms with van der Waals surface area (Å²) in [5, 5.41) is 21.4. The van der Waals surface area contributed by atoms with Crippen molar-refractivity contribution in [3.8, 4) is 0 Å². The number of carboxylic acid groups (broad SMARTS) is 1. The molecule has 0 fully saturated rings. The van der Waals surface area contributed by atoms with Crippen molar-refractivity contribution in [3.05, 3.63) is 24.3 Å². The van der Waals surface area contributed by atoms with Gasteiger partial charge >= 0.3 is 19.8 Å². The molecule has 0 aliphatic rings. The van der Waals surface area contributed by atoms with E-state index in [1.165, 1.54) is 44.9 Å². The lowest BCUT2D eigenvalue weighted by molar-refractivity contribution is -0.147. The number of rotatable bonds is 30. The summed E-state index contributed by atoms with van der Waals surface area (Å²) in [5.41, 5.74) is 0. The van der Waals surface area contributed by atoms with E-state index in [9.17, 15) is 34.1 Å². The third kappa shape index (κ3) is 27.5. The number of ether oxygens (including phenoxy) is 1. The van der Waals surface area contributed by atoms with Gasteiger partial charge in [-0.3, -0.25) is 18.6 Å². The molecule has 3 atom stereocenters. The maximum absolute atomic E-state index is 12.0. The summed E-state index contributed by atoms with van der Waals surface area (Å²) in [6, 6.07) is -1.54. The van der Waals surface area contributed by atoms with Crippen LogP contribution >= 0.6 is 7.82 Å². The van der Waals surface area contributed by atoms with E-state index in [1.54, 1.807) is 0 Å². The van der Waals surface area contributed by atoms with Crippen LogP contribution in [0, 0.1) is 0 Å². The van der Waals surface area contributed by atoms with Crippen molar-refractivity contribution in [3.63, 3.8) is 0 Å². The zero-order valence-corrected chi connectivity index (χ0v) is 27.9. The molecule has 0 aliphatic carbocycles. The maximum atomic E-state index is 12.0. The number of esters is 1. The molecule has 0 rings (SSSR count). The predicted molar refractivity (Wildman–Crippen MR) is 171 cm³/mol. The third-order valence-electron chi connectivity index (χ3n) is 6.74. The Morgan fingerprint density at radius 1 is 0.727 bits per heavy atom. The number of allylic oxidation sites excluding steroid dienone is 4. The number of carboxylic acids is 1. The molecule has 0 radical (unpaired) electrons. The minimum atomic E-state index is -4.73. The monoisotopic (exact) mass is 647 g/mol. The van der Waals surface area contributed by atoms with Gasteiger partial charge in [-0.25, -0.2) is 9.36 Å². The van der Waals surface area contributed by atoms with Gasteiger partial charge in [0.25, 0.3) is 0 Å². The number of phosphoric ester groups is 1. The molecular formula is C32H58NO10P. The van der Waals surface area contributed by atoms with Crippen LogP contribution in [-0.2, 0) is 32.7 Å². The summed E-state index contributed by atoms with van der Waals surface area (Å²) in [6.45, 7) is 2.28. The topological polar surface area (TPSA) is 169 Å². The first kappa shape index (κ1) is 42.0. The first-order valence-corrected chi connectivity index (χ1v) is 17.9. The number of amides is 1. The first-order chi connectivity index (χ1) is 21.1. The molecule has 3 unspecified atom stereocenters. The summed E-state index contributed by atoms with van der Waals surface area (Å²) in [7, 11) is -4.73. The van der Waals surface area contributed by atoms with Crippen molar-refractivity contribution in [2.45, 2.75) is 142 Å². The Morgan fingerprint density at radius 2 is 1.25 bits per heavy atom. The molecule has 0 saturated heterocycles. The second-order valence-corrected chi connectivity index (χ2v) is 12.5. The fourth-order valence-corrected chi connectivity index (χ4v) is 4.88. The van der Waals surface area contributed by atoms with E-state index in [2.05, 4.69) is 45.6 Å². The zero-order chi connectivity index (χ0) is 32.9. The highest BCUT2D eigenvalue weighted by Crippen LogP contribution is 2.43. The van der Waals surface area contributed by atoms with Crippen molar-refractivity contribution in [1.82, 2.24) is 5.32 Å². The van der Waals surface area contributed by atoms with Crippen LogP contribution < -0.4 is 5.32 Å². The Kier molecular flexibility index (Phi) is 27.1. The van der Waals surface area contributed by atoms with Crippen LogP contribution in [0.4, 0.5) is 0 Å². The Bertz CT molecular complexity index is 864. The molecule has 0 spiro atoms. The number of aliphatic hydroxyl groups is 1. The zero-order valence-electron chi connectivity index (χ0n) is 27.0. The van der Waals surface area contributed by atoms with Crippen LogP contribution in [0.2, 0.25) is 0 Å². The Morgan fingerprint density at radius 3 is 1.86 bits per heavy atom. The number of carbonyl (C=O) groups excluding carboxylic acids is 2. The molecule has 0 aromatic heterocycles. The van der Waals surface area contributed by atoms with Gasteiger partial charge in [-0.05, 0) is 44.9 Å². The minimum Gasteiger partial charge on any atom is -0.480 e. The van der Waals surface area contributed by atoms with Crippen LogP contribution in [0.3, 0.4) is 0 Å². The average molecular weight is 648 g/mol. The summed E-state index contributed by atoms with van der Waals surface area (Å²) < 4.78 is 26.4. The predicted octanol–water partition coefficient (Wildman–Crippen LogP) is 6.77. The molecule has 12 heteroatoms. The number of carbonyl (C=O) groups is 3. The summed E-state index contributed by atoms with van der Waals surface area (Å²) in [4.78, 5) is 44.9. The lowest BCUT2D eigenvalue weighted by atomic mass is 10.1. The quantitative estimate of drug-likeness (QED) is 0.0283. The Hall–Kier alpha value is -2.04. The molecule has 0 saturated carbocycles. The van der Waals surface area contributed by atoms with Crippen molar-refractivity contribution in [1.29, 1.82) is 0 Å². The van der Waals surface area contributed by atoms with E-state index >= 15 is 0 Å². The Labute approximate surface area is 264 Å². The fraction of sp³-hybridized carbons (Fsp3) is 0.781. The molecule has 44 heavy (non-hydrogen) atoms. The highest BCUT2D eigenvalue weighted by Gasteiger charge is 2.28. The van der Waals surface area contributed by atoms with Crippen LogP contribution in [0.25, 0.3) is 0 Å². The summed E-state index contributed by atoms with van der Waals surface area (Å²) in [5.74, 6) is -2.42. The maximum Gasteiger partial charge on any atom is 0.472 e. The van der Waals surface area contributed by atoms with Crippen LogP contribution in [-0.4, -0.2) is 64.9 Å². The normalized spacial score (nSPS) is 14.5. The molecule has 1 amide bonds. The van der Waals surface area contributed by atoms with Gasteiger partial charge in [0.2, 0.25) is 5.91 Å². The first-order valence-electron chi connectivity index (χ1n) is 16.4. The lowest BCUT2D eigenvalue weighted by Gasteiger charge is -2.18. The van der Waals surface area contributed by atoms with E-state index in [-0.39, 0.29) is 12.8 Å². The van der Waals surface area contributed by atoms with Crippen LogP contribution in [0.15, 0.2) is 24.3 Å². The minimum absolute atomic E-state index is 0.131. The lowest BCUT2D eigenvalue weighted by Crippen LogP contribution is -2.43. The SMILES string of the molecule is CCCCC/C=C\C/C=C\CCCCCCCCCC(=O)OCC(O)COP(=O)(O)OCC(NC(=O)CCCCC)C(=O)O. The number of hydrogen-bond donors (Lipinski definition) is 4. The number of aliphatic carboxylic acids is 1. The number of aliphatic hydroxyl groups excluding tert-OH is 1. The number of hydrogen-bond acceptors (Lipinski definition) is 8. The number of phosphoric acid groups is 1. The van der Waals surface area contributed by atoms with Gasteiger partial charge in [0, 0.05) is 12.8 Å². The molecule has 0 aliphatic heterocycles. The molecule has 11 nitrogen and oxygen atoms in total. The second kappa shape index (κ2) is 28.4. The molecule has 256 valence electrons.